The van der Waals surface area contributed by atoms with E-state index >= 15 is 0 Å². The molecule has 0 aromatic heterocycles. The van der Waals surface area contributed by atoms with Crippen molar-refractivity contribution in [3.05, 3.63) is 34.9 Å². The molecule has 1 nitrogen and oxygen atoms in total. The van der Waals surface area contributed by atoms with Crippen LogP contribution in [0, 0.1) is 18.3 Å². The normalized spacial score (nSPS) is 29.7. The predicted octanol–water partition coefficient (Wildman–Crippen LogP) is 4.66. The van der Waals surface area contributed by atoms with Crippen molar-refractivity contribution in [3.63, 3.8) is 0 Å². The van der Waals surface area contributed by atoms with E-state index in [1.807, 2.05) is 6.92 Å². The second-order valence-electron chi connectivity index (χ2n) is 6.90. The molecule has 2 atom stereocenters. The van der Waals surface area contributed by atoms with E-state index in [4.69, 9.17) is 0 Å². The molecule has 0 aliphatic heterocycles. The molecule has 1 aromatic rings. The minimum Gasteiger partial charge on any atom is -0.385 e. The summed E-state index contributed by atoms with van der Waals surface area (Å²) in [5, 5.41) is 11.0. The second kappa shape index (κ2) is 4.48. The first-order valence-electron chi connectivity index (χ1n) is 6.86. The summed E-state index contributed by atoms with van der Waals surface area (Å²) in [6.07, 6.45) is -2.90. The van der Waals surface area contributed by atoms with Gasteiger partial charge in [0.25, 0.3) is 0 Å². The van der Waals surface area contributed by atoms with Gasteiger partial charge in [-0.2, -0.15) is 13.2 Å². The summed E-state index contributed by atoms with van der Waals surface area (Å²) in [4.78, 5) is 0. The van der Waals surface area contributed by atoms with Crippen molar-refractivity contribution < 1.29 is 18.3 Å². The quantitative estimate of drug-likeness (QED) is 0.796. The third-order valence-electron chi connectivity index (χ3n) is 4.44. The fourth-order valence-corrected chi connectivity index (χ4v) is 3.66. The highest BCUT2D eigenvalue weighted by Gasteiger charge is 2.49. The highest BCUT2D eigenvalue weighted by molar-refractivity contribution is 5.37. The molecule has 0 spiro atoms. The summed E-state index contributed by atoms with van der Waals surface area (Å²) in [5.74, 6) is 0.0351. The fourth-order valence-electron chi connectivity index (χ4n) is 3.66. The van der Waals surface area contributed by atoms with Gasteiger partial charge in [-0.25, -0.2) is 0 Å². The molecule has 0 saturated heterocycles. The van der Waals surface area contributed by atoms with E-state index in [-0.39, 0.29) is 11.3 Å². The lowest BCUT2D eigenvalue weighted by Crippen LogP contribution is -2.30. The van der Waals surface area contributed by atoms with Crippen molar-refractivity contribution in [1.29, 1.82) is 0 Å². The molecule has 1 saturated carbocycles. The summed E-state index contributed by atoms with van der Waals surface area (Å²) in [7, 11) is 0. The molecule has 1 aliphatic rings. The van der Waals surface area contributed by atoms with Crippen LogP contribution in [-0.2, 0) is 11.8 Å². The fraction of sp³-hybridized carbons (Fsp3) is 0.625. The van der Waals surface area contributed by atoms with E-state index < -0.39 is 17.3 Å². The van der Waals surface area contributed by atoms with Gasteiger partial charge in [0.2, 0.25) is 0 Å². The summed E-state index contributed by atoms with van der Waals surface area (Å²) in [6, 6.07) is 3.64. The highest BCUT2D eigenvalue weighted by atomic mass is 19.4. The molecule has 0 amide bonds. The van der Waals surface area contributed by atoms with Crippen LogP contribution in [0.2, 0.25) is 0 Å². The van der Waals surface area contributed by atoms with E-state index in [1.54, 1.807) is 6.92 Å². The Morgan fingerprint density at radius 1 is 1.25 bits per heavy atom. The van der Waals surface area contributed by atoms with Gasteiger partial charge in [-0.15, -0.1) is 0 Å². The maximum atomic E-state index is 12.7. The first-order chi connectivity index (χ1) is 8.96. The van der Waals surface area contributed by atoms with Gasteiger partial charge in [0, 0.05) is 0 Å². The third-order valence-corrected chi connectivity index (χ3v) is 4.44. The Hall–Kier alpha value is -1.03. The molecule has 4 heteroatoms. The Kier molecular flexibility index (Phi) is 3.44. The lowest BCUT2D eigenvalue weighted by atomic mass is 9.81. The molecule has 2 unspecified atom stereocenters. The molecule has 1 aliphatic carbocycles. The molecule has 1 fully saturated rings. The van der Waals surface area contributed by atoms with E-state index in [2.05, 4.69) is 13.8 Å². The predicted molar refractivity (Wildman–Crippen MR) is 72.3 cm³/mol. The van der Waals surface area contributed by atoms with Crippen LogP contribution < -0.4 is 0 Å². The minimum atomic E-state index is -4.34. The average molecular weight is 286 g/mol. The third kappa shape index (κ3) is 2.58. The number of hydrogen-bond donors (Lipinski definition) is 1. The molecule has 0 heterocycles. The van der Waals surface area contributed by atoms with Crippen LogP contribution in [0.4, 0.5) is 13.2 Å². The monoisotopic (exact) mass is 286 g/mol. The van der Waals surface area contributed by atoms with Gasteiger partial charge in [-0.1, -0.05) is 26.8 Å². The van der Waals surface area contributed by atoms with Gasteiger partial charge in [0.15, 0.2) is 0 Å². The van der Waals surface area contributed by atoms with Gasteiger partial charge in [0.1, 0.15) is 0 Å². The first-order valence-corrected chi connectivity index (χ1v) is 6.86. The number of halogens is 3. The Bertz CT molecular complexity index is 519. The van der Waals surface area contributed by atoms with E-state index in [9.17, 15) is 18.3 Å². The topological polar surface area (TPSA) is 20.2 Å². The Morgan fingerprint density at radius 2 is 1.85 bits per heavy atom. The maximum absolute atomic E-state index is 12.7. The highest BCUT2D eigenvalue weighted by Crippen LogP contribution is 2.53. The Labute approximate surface area is 117 Å². The number of alkyl halides is 3. The maximum Gasteiger partial charge on any atom is 0.416 e. The van der Waals surface area contributed by atoms with Crippen molar-refractivity contribution in [1.82, 2.24) is 0 Å². The standard InChI is InChI=1S/C16H21F3O/c1-10-7-12(16(17,18)19)5-6-13(10)15(20)9-14(3,4)8-11(15)2/h5-7,11,20H,8-9H2,1-4H3. The van der Waals surface area contributed by atoms with Crippen LogP contribution in [0.25, 0.3) is 0 Å². The van der Waals surface area contributed by atoms with Crippen molar-refractivity contribution in [3.8, 4) is 0 Å². The van der Waals surface area contributed by atoms with Crippen molar-refractivity contribution in [2.45, 2.75) is 52.3 Å². The van der Waals surface area contributed by atoms with Gasteiger partial charge in [-0.3, -0.25) is 0 Å². The van der Waals surface area contributed by atoms with Gasteiger partial charge in [-0.05, 0) is 54.4 Å². The number of rotatable bonds is 1. The molecule has 0 radical (unpaired) electrons. The van der Waals surface area contributed by atoms with Crippen molar-refractivity contribution >= 4 is 0 Å². The van der Waals surface area contributed by atoms with Crippen molar-refractivity contribution in [2.75, 3.05) is 0 Å². The number of benzene rings is 1. The molecule has 112 valence electrons. The molecule has 1 aromatic carbocycles. The summed E-state index contributed by atoms with van der Waals surface area (Å²) < 4.78 is 38.1. The average Bonchev–Trinajstić information content (AvgIpc) is 2.46. The van der Waals surface area contributed by atoms with Crippen LogP contribution in [0.3, 0.4) is 0 Å². The smallest absolute Gasteiger partial charge is 0.385 e. The Balaban J connectivity index is 2.44. The largest absolute Gasteiger partial charge is 0.416 e. The lowest BCUT2D eigenvalue weighted by molar-refractivity contribution is -0.137. The Morgan fingerprint density at radius 3 is 2.25 bits per heavy atom. The minimum absolute atomic E-state index is 0.00328. The first kappa shape index (κ1) is 15.4. The number of aryl methyl sites for hydroxylation is 1. The van der Waals surface area contributed by atoms with Crippen LogP contribution in [0.1, 0.15) is 50.3 Å². The van der Waals surface area contributed by atoms with Crippen LogP contribution in [0.5, 0.6) is 0 Å². The van der Waals surface area contributed by atoms with Gasteiger partial charge < -0.3 is 5.11 Å². The zero-order chi connectivity index (χ0) is 15.3. The number of aliphatic hydroxyl groups is 1. The van der Waals surface area contributed by atoms with Crippen LogP contribution in [-0.4, -0.2) is 5.11 Å². The van der Waals surface area contributed by atoms with E-state index in [0.717, 1.165) is 18.6 Å². The van der Waals surface area contributed by atoms with Crippen LogP contribution >= 0.6 is 0 Å². The molecule has 2 rings (SSSR count). The molecular weight excluding hydrogens is 265 g/mol. The lowest BCUT2D eigenvalue weighted by Gasteiger charge is -2.31. The number of hydrogen-bond acceptors (Lipinski definition) is 1. The van der Waals surface area contributed by atoms with Crippen LogP contribution in [0.15, 0.2) is 18.2 Å². The zero-order valence-corrected chi connectivity index (χ0v) is 12.3. The molecule has 1 N–H and O–H groups in total. The summed E-state index contributed by atoms with van der Waals surface area (Å²) in [5.41, 5.74) is -0.552. The van der Waals surface area contributed by atoms with Crippen molar-refractivity contribution in [2.24, 2.45) is 11.3 Å². The van der Waals surface area contributed by atoms with Gasteiger partial charge >= 0.3 is 6.18 Å². The van der Waals surface area contributed by atoms with E-state index in [0.29, 0.717) is 17.5 Å². The summed E-state index contributed by atoms with van der Waals surface area (Å²) >= 11 is 0. The van der Waals surface area contributed by atoms with E-state index in [1.165, 1.54) is 6.07 Å². The zero-order valence-electron chi connectivity index (χ0n) is 12.3. The summed E-state index contributed by atoms with van der Waals surface area (Å²) in [6.45, 7) is 7.77. The molecular formula is C16H21F3O. The second-order valence-corrected chi connectivity index (χ2v) is 6.90. The van der Waals surface area contributed by atoms with Gasteiger partial charge in [0.05, 0.1) is 11.2 Å². The molecule has 0 bridgehead atoms. The molecule has 20 heavy (non-hydrogen) atoms. The SMILES string of the molecule is Cc1cc(C(F)(F)F)ccc1C1(O)CC(C)(C)CC1C.